The number of hydrogen-bond donors (Lipinski definition) is 0. The molecule has 1 rings (SSSR count). The smallest absolute Gasteiger partial charge is 0.206 e. The molecule has 0 saturated carbocycles. The first-order valence-corrected chi connectivity index (χ1v) is 8.00. The van der Waals surface area contributed by atoms with E-state index in [-0.39, 0.29) is 0 Å². The Balaban J connectivity index is 2.99. The number of sulfonamides is 1. The van der Waals surface area contributed by atoms with Crippen LogP contribution in [0.15, 0.2) is 16.3 Å². The first-order valence-electron chi connectivity index (χ1n) is 5.21. The number of halogens is 1. The van der Waals surface area contributed by atoms with Gasteiger partial charge in [0.25, 0.3) is 10.0 Å². The van der Waals surface area contributed by atoms with E-state index in [0.29, 0.717) is 23.2 Å². The quantitative estimate of drug-likeness (QED) is 0.752. The molecule has 0 aliphatic carbocycles. The van der Waals surface area contributed by atoms with Crippen LogP contribution in [0.3, 0.4) is 0 Å². The molecule has 0 radical (unpaired) electrons. The second kappa shape index (κ2) is 6.00. The highest BCUT2D eigenvalue weighted by molar-refractivity contribution is 7.91. The first-order chi connectivity index (χ1) is 7.56. The molecule has 16 heavy (non-hydrogen) atoms. The van der Waals surface area contributed by atoms with E-state index in [9.17, 15) is 8.42 Å². The summed E-state index contributed by atoms with van der Waals surface area (Å²) in [5, 5.41) is 0. The van der Waals surface area contributed by atoms with Crippen molar-refractivity contribution in [1.29, 1.82) is 0 Å². The minimum atomic E-state index is -3.31. The maximum absolute atomic E-state index is 12.2. The van der Waals surface area contributed by atoms with Crippen LogP contribution in [-0.4, -0.2) is 25.8 Å². The van der Waals surface area contributed by atoms with Gasteiger partial charge in [-0.15, -0.1) is 22.9 Å². The molecule has 1 aromatic heterocycles. The molecule has 0 spiro atoms. The van der Waals surface area contributed by atoms with Crippen molar-refractivity contribution in [3.05, 3.63) is 17.0 Å². The van der Waals surface area contributed by atoms with Gasteiger partial charge in [0.2, 0.25) is 0 Å². The van der Waals surface area contributed by atoms with Crippen LogP contribution in [0.2, 0.25) is 0 Å². The third-order valence-corrected chi connectivity index (χ3v) is 6.16. The molecule has 1 aromatic rings. The maximum atomic E-state index is 12.2. The lowest BCUT2D eigenvalue weighted by molar-refractivity contribution is 0.428. The molecule has 0 N–H and O–H groups in total. The van der Waals surface area contributed by atoms with Gasteiger partial charge in [0.05, 0.1) is 5.88 Å². The van der Waals surface area contributed by atoms with E-state index in [2.05, 4.69) is 0 Å². The second-order valence-corrected chi connectivity index (χ2v) is 6.95. The topological polar surface area (TPSA) is 37.4 Å². The Kier molecular flexibility index (Phi) is 5.24. The van der Waals surface area contributed by atoms with E-state index in [1.54, 1.807) is 12.1 Å². The number of hydrogen-bond acceptors (Lipinski definition) is 3. The average molecular weight is 282 g/mol. The Labute approximate surface area is 106 Å². The minimum Gasteiger partial charge on any atom is -0.206 e. The monoisotopic (exact) mass is 281 g/mol. The van der Waals surface area contributed by atoms with E-state index < -0.39 is 10.0 Å². The number of rotatable bonds is 6. The lowest BCUT2D eigenvalue weighted by atomic mass is 10.5. The zero-order valence-corrected chi connectivity index (χ0v) is 11.8. The Morgan fingerprint density at radius 3 is 2.50 bits per heavy atom. The molecule has 0 aliphatic heterocycles. The van der Waals surface area contributed by atoms with Crippen molar-refractivity contribution < 1.29 is 8.42 Å². The molecule has 0 aromatic carbocycles. The number of nitrogens with zero attached hydrogens (tertiary/aromatic N) is 1. The zero-order valence-electron chi connectivity index (χ0n) is 9.44. The minimum absolute atomic E-state index is 0.361. The summed E-state index contributed by atoms with van der Waals surface area (Å²) < 4.78 is 26.2. The predicted octanol–water partition coefficient (Wildman–Crippen LogP) is 2.91. The molecule has 0 unspecified atom stereocenters. The summed E-state index contributed by atoms with van der Waals surface area (Å²) in [7, 11) is -3.31. The molecular formula is C10H16ClNO2S2. The van der Waals surface area contributed by atoms with Crippen LogP contribution in [0.25, 0.3) is 0 Å². The predicted molar refractivity (Wildman–Crippen MR) is 68.6 cm³/mol. The normalized spacial score (nSPS) is 12.2. The van der Waals surface area contributed by atoms with Gasteiger partial charge in [-0.3, -0.25) is 0 Å². The van der Waals surface area contributed by atoms with E-state index >= 15 is 0 Å². The summed E-state index contributed by atoms with van der Waals surface area (Å²) in [4.78, 5) is 0.882. The summed E-state index contributed by atoms with van der Waals surface area (Å²) in [6.45, 7) is 4.89. The summed E-state index contributed by atoms with van der Waals surface area (Å²) in [5.41, 5.74) is 0. The third kappa shape index (κ3) is 2.97. The van der Waals surface area contributed by atoms with Gasteiger partial charge in [0.1, 0.15) is 4.21 Å². The molecular weight excluding hydrogens is 266 g/mol. The molecule has 92 valence electrons. The standard InChI is InChI=1S/C10H16ClNO2S2/c1-3-7-12(4-2)16(13,14)10-6-5-9(8-11)15-10/h5-6H,3-4,7-8H2,1-2H3. The van der Waals surface area contributed by atoms with E-state index in [1.165, 1.54) is 15.6 Å². The van der Waals surface area contributed by atoms with E-state index in [0.717, 1.165) is 11.3 Å². The van der Waals surface area contributed by atoms with E-state index in [4.69, 9.17) is 11.6 Å². The molecule has 0 fully saturated rings. The van der Waals surface area contributed by atoms with Gasteiger partial charge in [0.15, 0.2) is 0 Å². The van der Waals surface area contributed by atoms with Gasteiger partial charge in [-0.25, -0.2) is 8.42 Å². The largest absolute Gasteiger partial charge is 0.252 e. The van der Waals surface area contributed by atoms with Crippen LogP contribution in [0.5, 0.6) is 0 Å². The molecule has 0 saturated heterocycles. The molecule has 0 amide bonds. The van der Waals surface area contributed by atoms with Gasteiger partial charge in [-0.05, 0) is 18.6 Å². The Hall–Kier alpha value is -0.100. The van der Waals surface area contributed by atoms with Crippen molar-refractivity contribution in [3.8, 4) is 0 Å². The molecule has 0 bridgehead atoms. The lowest BCUT2D eigenvalue weighted by Gasteiger charge is -2.18. The summed E-state index contributed by atoms with van der Waals surface area (Å²) in [5.74, 6) is 0.361. The maximum Gasteiger partial charge on any atom is 0.252 e. The number of thiophene rings is 1. The van der Waals surface area contributed by atoms with Crippen LogP contribution in [0, 0.1) is 0 Å². The molecule has 3 nitrogen and oxygen atoms in total. The van der Waals surface area contributed by atoms with Crippen LogP contribution in [-0.2, 0) is 15.9 Å². The SMILES string of the molecule is CCCN(CC)S(=O)(=O)c1ccc(CCl)s1. The van der Waals surface area contributed by atoms with Crippen LogP contribution in [0.4, 0.5) is 0 Å². The third-order valence-electron chi connectivity index (χ3n) is 2.19. The second-order valence-electron chi connectivity index (χ2n) is 3.35. The number of alkyl halides is 1. The van der Waals surface area contributed by atoms with Gasteiger partial charge >= 0.3 is 0 Å². The Morgan fingerprint density at radius 1 is 1.38 bits per heavy atom. The molecule has 1 heterocycles. The van der Waals surface area contributed by atoms with Crippen molar-refractivity contribution in [3.63, 3.8) is 0 Å². The fourth-order valence-electron chi connectivity index (χ4n) is 1.39. The van der Waals surface area contributed by atoms with Crippen molar-refractivity contribution in [2.24, 2.45) is 0 Å². The van der Waals surface area contributed by atoms with Crippen LogP contribution >= 0.6 is 22.9 Å². The Bertz CT molecular complexity index is 428. The Morgan fingerprint density at radius 2 is 2.06 bits per heavy atom. The summed E-state index contributed by atoms with van der Waals surface area (Å²) >= 11 is 6.91. The zero-order chi connectivity index (χ0) is 12.2. The molecule has 0 atom stereocenters. The first kappa shape index (κ1) is 14.0. The van der Waals surface area contributed by atoms with Gasteiger partial charge in [-0.2, -0.15) is 4.31 Å². The van der Waals surface area contributed by atoms with Crippen molar-refractivity contribution in [2.45, 2.75) is 30.4 Å². The van der Waals surface area contributed by atoms with Gasteiger partial charge in [-0.1, -0.05) is 13.8 Å². The average Bonchev–Trinajstić information content (AvgIpc) is 2.74. The summed E-state index contributed by atoms with van der Waals surface area (Å²) in [6, 6.07) is 3.40. The van der Waals surface area contributed by atoms with Crippen molar-refractivity contribution >= 4 is 33.0 Å². The van der Waals surface area contributed by atoms with E-state index in [1.807, 2.05) is 13.8 Å². The van der Waals surface area contributed by atoms with Gasteiger partial charge < -0.3 is 0 Å². The van der Waals surface area contributed by atoms with Crippen molar-refractivity contribution in [1.82, 2.24) is 4.31 Å². The highest BCUT2D eigenvalue weighted by Gasteiger charge is 2.23. The highest BCUT2D eigenvalue weighted by Crippen LogP contribution is 2.25. The highest BCUT2D eigenvalue weighted by atomic mass is 35.5. The van der Waals surface area contributed by atoms with Crippen LogP contribution < -0.4 is 0 Å². The molecule has 0 aliphatic rings. The van der Waals surface area contributed by atoms with Crippen LogP contribution in [0.1, 0.15) is 25.1 Å². The molecule has 6 heteroatoms. The van der Waals surface area contributed by atoms with Gasteiger partial charge in [0, 0.05) is 18.0 Å². The fraction of sp³-hybridized carbons (Fsp3) is 0.600. The summed E-state index contributed by atoms with van der Waals surface area (Å²) in [6.07, 6.45) is 0.820. The fourth-order valence-corrected chi connectivity index (χ4v) is 4.55. The lowest BCUT2D eigenvalue weighted by Crippen LogP contribution is -2.31. The van der Waals surface area contributed by atoms with Crippen molar-refractivity contribution in [2.75, 3.05) is 13.1 Å².